The molecule has 1 heterocycles. The van der Waals surface area contributed by atoms with Crippen molar-refractivity contribution in [1.82, 2.24) is 4.98 Å². The minimum absolute atomic E-state index is 0.0329. The van der Waals surface area contributed by atoms with Crippen molar-refractivity contribution in [3.8, 4) is 0 Å². The molecule has 3 rings (SSSR count). The number of nitrogens with one attached hydrogen (secondary N) is 1. The summed E-state index contributed by atoms with van der Waals surface area (Å²) in [5.41, 5.74) is 2.86. The molecular formula is C19H13Cl3N2O. The molecular weight excluding hydrogens is 379 g/mol. The maximum Gasteiger partial charge on any atom is 0.275 e. The van der Waals surface area contributed by atoms with Gasteiger partial charge in [0.1, 0.15) is 5.69 Å². The Hall–Kier alpha value is -2.07. The van der Waals surface area contributed by atoms with E-state index in [2.05, 4.69) is 10.3 Å². The molecule has 0 saturated heterocycles. The van der Waals surface area contributed by atoms with E-state index in [9.17, 15) is 4.79 Å². The first kappa shape index (κ1) is 17.7. The Kier molecular flexibility index (Phi) is 5.59. The molecule has 0 atom stereocenters. The molecule has 0 fully saturated rings. The Balaban J connectivity index is 1.86. The average molecular weight is 392 g/mol. The molecule has 0 bridgehead atoms. The molecule has 0 unspecified atom stereocenters. The summed E-state index contributed by atoms with van der Waals surface area (Å²) >= 11 is 17.9. The number of para-hydroxylation sites is 1. The lowest BCUT2D eigenvalue weighted by Gasteiger charge is -2.12. The van der Waals surface area contributed by atoms with Gasteiger partial charge < -0.3 is 5.32 Å². The number of rotatable bonds is 4. The third-order valence-electron chi connectivity index (χ3n) is 3.64. The Morgan fingerprint density at radius 2 is 1.60 bits per heavy atom. The molecule has 0 aliphatic rings. The number of halogens is 3. The number of carbonyl (C=O) groups excluding carboxylic acids is 1. The van der Waals surface area contributed by atoms with E-state index >= 15 is 0 Å². The summed E-state index contributed by atoms with van der Waals surface area (Å²) in [5.74, 6) is -0.441. The van der Waals surface area contributed by atoms with Crippen LogP contribution in [0, 0.1) is 0 Å². The standard InChI is InChI=1S/C19H13Cl3N2O/c20-14-11-23-18(17(22)16(14)21)19(25)24-15-9-5-4-8-13(15)10-12-6-2-1-3-7-12/h1-9,11H,10H2,(H,24,25). The van der Waals surface area contributed by atoms with Gasteiger partial charge in [0.05, 0.1) is 15.1 Å². The molecule has 3 nitrogen and oxygen atoms in total. The number of pyridine rings is 1. The fourth-order valence-electron chi connectivity index (χ4n) is 2.40. The summed E-state index contributed by atoms with van der Waals surface area (Å²) in [7, 11) is 0. The van der Waals surface area contributed by atoms with E-state index in [1.165, 1.54) is 6.20 Å². The van der Waals surface area contributed by atoms with Crippen LogP contribution in [0.5, 0.6) is 0 Å². The lowest BCUT2D eigenvalue weighted by Crippen LogP contribution is -2.15. The van der Waals surface area contributed by atoms with Crippen molar-refractivity contribution >= 4 is 46.4 Å². The lowest BCUT2D eigenvalue weighted by atomic mass is 10.0. The smallest absolute Gasteiger partial charge is 0.275 e. The van der Waals surface area contributed by atoms with Gasteiger partial charge in [-0.15, -0.1) is 0 Å². The number of aromatic nitrogens is 1. The monoisotopic (exact) mass is 390 g/mol. The van der Waals surface area contributed by atoms with Crippen LogP contribution < -0.4 is 5.32 Å². The largest absolute Gasteiger partial charge is 0.320 e. The number of hydrogen-bond acceptors (Lipinski definition) is 2. The second-order valence-corrected chi connectivity index (χ2v) is 6.52. The van der Waals surface area contributed by atoms with E-state index in [-0.39, 0.29) is 20.8 Å². The number of hydrogen-bond donors (Lipinski definition) is 1. The van der Waals surface area contributed by atoms with E-state index in [0.29, 0.717) is 12.1 Å². The Labute approximate surface area is 160 Å². The minimum Gasteiger partial charge on any atom is -0.320 e. The zero-order valence-electron chi connectivity index (χ0n) is 13.0. The summed E-state index contributed by atoms with van der Waals surface area (Å²) in [5, 5.41) is 3.20. The van der Waals surface area contributed by atoms with Crippen LogP contribution in [-0.2, 0) is 6.42 Å². The van der Waals surface area contributed by atoms with Gasteiger partial charge in [0.15, 0.2) is 0 Å². The van der Waals surface area contributed by atoms with Crippen LogP contribution >= 0.6 is 34.8 Å². The molecule has 126 valence electrons. The second-order valence-electron chi connectivity index (χ2n) is 5.36. The zero-order chi connectivity index (χ0) is 17.8. The van der Waals surface area contributed by atoms with Crippen molar-refractivity contribution in [2.24, 2.45) is 0 Å². The SMILES string of the molecule is O=C(Nc1ccccc1Cc1ccccc1)c1ncc(Cl)c(Cl)c1Cl. The van der Waals surface area contributed by atoms with E-state index in [1.54, 1.807) is 0 Å². The molecule has 0 saturated carbocycles. The fourth-order valence-corrected chi connectivity index (χ4v) is 2.96. The van der Waals surface area contributed by atoms with Gasteiger partial charge in [-0.05, 0) is 23.6 Å². The van der Waals surface area contributed by atoms with Crippen molar-refractivity contribution in [2.45, 2.75) is 6.42 Å². The van der Waals surface area contributed by atoms with Gasteiger partial charge in [0, 0.05) is 11.9 Å². The van der Waals surface area contributed by atoms with Crippen LogP contribution in [0.1, 0.15) is 21.6 Å². The fraction of sp³-hybridized carbons (Fsp3) is 0.0526. The highest BCUT2D eigenvalue weighted by atomic mass is 35.5. The normalized spacial score (nSPS) is 10.5. The molecule has 0 spiro atoms. The molecule has 25 heavy (non-hydrogen) atoms. The Morgan fingerprint density at radius 1 is 0.920 bits per heavy atom. The second kappa shape index (κ2) is 7.87. The van der Waals surface area contributed by atoms with Crippen molar-refractivity contribution in [2.75, 3.05) is 5.32 Å². The van der Waals surface area contributed by atoms with Gasteiger partial charge >= 0.3 is 0 Å². The highest BCUT2D eigenvalue weighted by Gasteiger charge is 2.18. The van der Waals surface area contributed by atoms with Crippen LogP contribution in [0.2, 0.25) is 15.1 Å². The molecule has 1 N–H and O–H groups in total. The van der Waals surface area contributed by atoms with Crippen molar-refractivity contribution < 1.29 is 4.79 Å². The van der Waals surface area contributed by atoms with Crippen LogP contribution in [0.25, 0.3) is 0 Å². The molecule has 0 aliphatic carbocycles. The number of carbonyl (C=O) groups is 1. The lowest BCUT2D eigenvalue weighted by molar-refractivity contribution is 0.102. The van der Waals surface area contributed by atoms with E-state index in [4.69, 9.17) is 34.8 Å². The number of amides is 1. The predicted molar refractivity (Wildman–Crippen MR) is 103 cm³/mol. The van der Waals surface area contributed by atoms with E-state index in [1.807, 2.05) is 54.6 Å². The zero-order valence-corrected chi connectivity index (χ0v) is 15.2. The average Bonchev–Trinajstić information content (AvgIpc) is 2.62. The Morgan fingerprint density at radius 3 is 2.36 bits per heavy atom. The molecule has 0 radical (unpaired) electrons. The molecule has 1 aromatic heterocycles. The van der Waals surface area contributed by atoms with E-state index < -0.39 is 5.91 Å². The quantitative estimate of drug-likeness (QED) is 0.603. The predicted octanol–water partition coefficient (Wildman–Crippen LogP) is 5.88. The Bertz CT molecular complexity index is 914. The van der Waals surface area contributed by atoms with Gasteiger partial charge in [-0.3, -0.25) is 4.79 Å². The molecule has 6 heteroatoms. The van der Waals surface area contributed by atoms with Crippen molar-refractivity contribution in [3.05, 3.63) is 92.7 Å². The van der Waals surface area contributed by atoms with E-state index in [0.717, 1.165) is 11.1 Å². The van der Waals surface area contributed by atoms with Gasteiger partial charge in [-0.2, -0.15) is 0 Å². The molecule has 1 amide bonds. The van der Waals surface area contributed by atoms with Crippen LogP contribution in [0.3, 0.4) is 0 Å². The van der Waals surface area contributed by atoms with Gasteiger partial charge in [-0.1, -0.05) is 83.3 Å². The first-order valence-corrected chi connectivity index (χ1v) is 8.62. The highest BCUT2D eigenvalue weighted by molar-refractivity contribution is 6.49. The maximum absolute atomic E-state index is 12.5. The third kappa shape index (κ3) is 4.13. The van der Waals surface area contributed by atoms with Crippen LogP contribution in [0.15, 0.2) is 60.8 Å². The number of nitrogens with zero attached hydrogens (tertiary/aromatic N) is 1. The van der Waals surface area contributed by atoms with Crippen LogP contribution in [0.4, 0.5) is 5.69 Å². The summed E-state index contributed by atoms with van der Waals surface area (Å²) in [6.45, 7) is 0. The highest BCUT2D eigenvalue weighted by Crippen LogP contribution is 2.31. The maximum atomic E-state index is 12.5. The van der Waals surface area contributed by atoms with Gasteiger partial charge in [0.2, 0.25) is 0 Å². The first-order chi connectivity index (χ1) is 12.1. The molecule has 0 aliphatic heterocycles. The van der Waals surface area contributed by atoms with Gasteiger partial charge in [-0.25, -0.2) is 4.98 Å². The molecule has 2 aromatic carbocycles. The van der Waals surface area contributed by atoms with Crippen molar-refractivity contribution in [1.29, 1.82) is 0 Å². The summed E-state index contributed by atoms with van der Waals surface area (Å²) in [4.78, 5) is 16.5. The summed E-state index contributed by atoms with van der Waals surface area (Å²) in [6, 6.07) is 17.6. The summed E-state index contributed by atoms with van der Waals surface area (Å²) in [6.07, 6.45) is 2.00. The molecule has 3 aromatic rings. The third-order valence-corrected chi connectivity index (χ3v) is 4.88. The summed E-state index contributed by atoms with van der Waals surface area (Å²) < 4.78 is 0. The topological polar surface area (TPSA) is 42.0 Å². The van der Waals surface area contributed by atoms with Crippen LogP contribution in [-0.4, -0.2) is 10.9 Å². The number of benzene rings is 2. The van der Waals surface area contributed by atoms with Crippen molar-refractivity contribution in [3.63, 3.8) is 0 Å². The number of anilines is 1. The van der Waals surface area contributed by atoms with Gasteiger partial charge in [0.25, 0.3) is 5.91 Å². The first-order valence-electron chi connectivity index (χ1n) is 7.49. The minimum atomic E-state index is -0.441.